The van der Waals surface area contributed by atoms with Crippen LogP contribution in [0, 0.1) is 24.7 Å². The largest absolute Gasteiger partial charge is 0.343 e. The fourth-order valence-electron chi connectivity index (χ4n) is 5.22. The van der Waals surface area contributed by atoms with Crippen molar-refractivity contribution in [2.45, 2.75) is 76.3 Å². The van der Waals surface area contributed by atoms with Crippen LogP contribution in [0.5, 0.6) is 0 Å². The molecule has 0 aromatic carbocycles. The molecule has 3 N–H and O–H groups in total. The van der Waals surface area contributed by atoms with Crippen LogP contribution in [0.15, 0.2) is 4.52 Å². The summed E-state index contributed by atoms with van der Waals surface area (Å²) >= 11 is 0. The van der Waals surface area contributed by atoms with Gasteiger partial charge in [0.15, 0.2) is 5.82 Å². The van der Waals surface area contributed by atoms with Gasteiger partial charge in [0.25, 0.3) is 0 Å². The number of nitrogens with one attached hydrogen (secondary N) is 1. The molecule has 3 saturated carbocycles. The van der Waals surface area contributed by atoms with Gasteiger partial charge in [0.2, 0.25) is 11.8 Å². The summed E-state index contributed by atoms with van der Waals surface area (Å²) in [5.74, 6) is 2.50. The second-order valence-electron chi connectivity index (χ2n) is 8.11. The molecule has 7 heteroatoms. The second kappa shape index (κ2) is 7.23. The van der Waals surface area contributed by atoms with Gasteiger partial charge in [-0.25, -0.2) is 0 Å². The van der Waals surface area contributed by atoms with E-state index < -0.39 is 5.54 Å². The zero-order valence-corrected chi connectivity index (χ0v) is 15.7. The van der Waals surface area contributed by atoms with E-state index in [1.54, 1.807) is 6.92 Å². The molecule has 6 nitrogen and oxygen atoms in total. The summed E-state index contributed by atoms with van der Waals surface area (Å²) < 4.78 is 5.17. The van der Waals surface area contributed by atoms with Gasteiger partial charge >= 0.3 is 0 Å². The lowest BCUT2D eigenvalue weighted by molar-refractivity contribution is -0.130. The first-order valence-corrected chi connectivity index (χ1v) is 9.46. The lowest BCUT2D eigenvalue weighted by Crippen LogP contribution is -2.52. The Hall–Kier alpha value is -1.14. The molecule has 0 spiro atoms. The zero-order valence-electron chi connectivity index (χ0n) is 14.9. The molecule has 140 valence electrons. The van der Waals surface area contributed by atoms with Crippen LogP contribution in [0.2, 0.25) is 0 Å². The molecule has 2 atom stereocenters. The first kappa shape index (κ1) is 18.6. The number of nitrogens with two attached hydrogens (primary N) is 1. The van der Waals surface area contributed by atoms with Gasteiger partial charge in [-0.3, -0.25) is 4.79 Å². The van der Waals surface area contributed by atoms with Crippen LogP contribution in [-0.4, -0.2) is 22.1 Å². The summed E-state index contributed by atoms with van der Waals surface area (Å²) in [5, 5.41) is 7.45. The van der Waals surface area contributed by atoms with E-state index in [2.05, 4.69) is 15.5 Å². The Balaban J connectivity index is 0.00000182. The van der Waals surface area contributed by atoms with Crippen LogP contribution in [0.3, 0.4) is 0 Å². The molecule has 0 aliphatic heterocycles. The molecule has 1 heterocycles. The van der Waals surface area contributed by atoms with Crippen LogP contribution in [-0.2, 0) is 10.3 Å². The molecular formula is C18H29ClN4O2. The smallest absolute Gasteiger partial charge is 0.223 e. The van der Waals surface area contributed by atoms with Crippen molar-refractivity contribution in [1.82, 2.24) is 15.5 Å². The highest BCUT2D eigenvalue weighted by Gasteiger charge is 2.45. The highest BCUT2D eigenvalue weighted by atomic mass is 35.5. The molecule has 2 bridgehead atoms. The Kier molecular flexibility index (Phi) is 5.40. The van der Waals surface area contributed by atoms with Crippen molar-refractivity contribution >= 4 is 18.3 Å². The average Bonchev–Trinajstić information content (AvgIpc) is 3.17. The van der Waals surface area contributed by atoms with Crippen LogP contribution in [0.25, 0.3) is 0 Å². The third-order valence-electron chi connectivity index (χ3n) is 6.56. The Labute approximate surface area is 155 Å². The predicted molar refractivity (Wildman–Crippen MR) is 96.1 cm³/mol. The highest BCUT2D eigenvalue weighted by molar-refractivity contribution is 5.85. The number of fused-ring (bicyclic) bond motifs is 2. The summed E-state index contributed by atoms with van der Waals surface area (Å²) in [6.45, 7) is 1.80. The quantitative estimate of drug-likeness (QED) is 0.855. The van der Waals surface area contributed by atoms with Crippen molar-refractivity contribution < 1.29 is 9.32 Å². The summed E-state index contributed by atoms with van der Waals surface area (Å²) in [5.41, 5.74) is 5.94. The molecule has 2 unspecified atom stereocenters. The number of rotatable bonds is 3. The van der Waals surface area contributed by atoms with E-state index in [4.69, 9.17) is 10.3 Å². The highest BCUT2D eigenvalue weighted by Crippen LogP contribution is 2.43. The van der Waals surface area contributed by atoms with Gasteiger partial charge in [0.05, 0.1) is 0 Å². The molecule has 1 amide bonds. The van der Waals surface area contributed by atoms with Gasteiger partial charge in [-0.15, -0.1) is 12.4 Å². The topological polar surface area (TPSA) is 94.0 Å². The van der Waals surface area contributed by atoms with E-state index in [1.807, 2.05) is 0 Å². The fourth-order valence-corrected chi connectivity index (χ4v) is 5.22. The van der Waals surface area contributed by atoms with Crippen molar-refractivity contribution in [3.8, 4) is 0 Å². The number of amides is 1. The van der Waals surface area contributed by atoms with Crippen molar-refractivity contribution in [2.75, 3.05) is 0 Å². The van der Waals surface area contributed by atoms with Crippen LogP contribution in [0.4, 0.5) is 0 Å². The lowest BCUT2D eigenvalue weighted by Gasteiger charge is -2.44. The van der Waals surface area contributed by atoms with Gasteiger partial charge in [-0.05, 0) is 50.4 Å². The first-order valence-electron chi connectivity index (χ1n) is 9.46. The first-order chi connectivity index (χ1) is 11.6. The molecular weight excluding hydrogens is 340 g/mol. The molecule has 3 aliphatic carbocycles. The SMILES string of the molecule is Cc1nc(C2(NC(=O)C3CC4CCCC(C3)C4N)CCCC2)no1.Cl. The summed E-state index contributed by atoms with van der Waals surface area (Å²) in [6, 6.07) is 0.295. The van der Waals surface area contributed by atoms with Crippen molar-refractivity contribution in [3.63, 3.8) is 0 Å². The van der Waals surface area contributed by atoms with Gasteiger partial charge in [-0.2, -0.15) is 4.98 Å². The number of hydrogen-bond donors (Lipinski definition) is 2. The number of halogens is 1. The minimum Gasteiger partial charge on any atom is -0.343 e. The number of aryl methyl sites for hydroxylation is 1. The number of hydrogen-bond acceptors (Lipinski definition) is 5. The number of carbonyl (C=O) groups is 1. The minimum absolute atomic E-state index is 0. The van der Waals surface area contributed by atoms with Crippen molar-refractivity contribution in [2.24, 2.45) is 23.5 Å². The van der Waals surface area contributed by atoms with Crippen LogP contribution >= 0.6 is 12.4 Å². The third kappa shape index (κ3) is 3.43. The maximum absolute atomic E-state index is 13.0. The van der Waals surface area contributed by atoms with E-state index in [1.165, 1.54) is 19.3 Å². The number of carbonyl (C=O) groups excluding carboxylic acids is 1. The summed E-state index contributed by atoms with van der Waals surface area (Å²) in [4.78, 5) is 17.5. The third-order valence-corrected chi connectivity index (χ3v) is 6.56. The van der Waals surface area contributed by atoms with E-state index in [9.17, 15) is 4.79 Å². The fraction of sp³-hybridized carbons (Fsp3) is 0.833. The Morgan fingerprint density at radius 2 is 1.84 bits per heavy atom. The van der Waals surface area contributed by atoms with Gasteiger partial charge in [-0.1, -0.05) is 24.4 Å². The maximum atomic E-state index is 13.0. The van der Waals surface area contributed by atoms with Crippen LogP contribution in [0.1, 0.15) is 69.5 Å². The van der Waals surface area contributed by atoms with E-state index in [0.717, 1.165) is 38.5 Å². The van der Waals surface area contributed by atoms with E-state index in [-0.39, 0.29) is 24.2 Å². The van der Waals surface area contributed by atoms with Crippen molar-refractivity contribution in [1.29, 1.82) is 0 Å². The van der Waals surface area contributed by atoms with E-state index >= 15 is 0 Å². The molecule has 0 saturated heterocycles. The van der Waals surface area contributed by atoms with Gasteiger partial charge in [0.1, 0.15) is 5.54 Å². The molecule has 3 aliphatic rings. The Morgan fingerprint density at radius 1 is 1.20 bits per heavy atom. The maximum Gasteiger partial charge on any atom is 0.223 e. The lowest BCUT2D eigenvalue weighted by atomic mass is 9.65. The predicted octanol–water partition coefficient (Wildman–Crippen LogP) is 2.84. The Bertz CT molecular complexity index is 600. The van der Waals surface area contributed by atoms with Gasteiger partial charge < -0.3 is 15.6 Å². The summed E-state index contributed by atoms with van der Waals surface area (Å²) in [6.07, 6.45) is 9.48. The molecule has 0 radical (unpaired) electrons. The summed E-state index contributed by atoms with van der Waals surface area (Å²) in [7, 11) is 0. The Morgan fingerprint density at radius 3 is 2.40 bits per heavy atom. The zero-order chi connectivity index (χ0) is 16.7. The second-order valence-corrected chi connectivity index (χ2v) is 8.11. The average molecular weight is 369 g/mol. The molecule has 1 aromatic heterocycles. The monoisotopic (exact) mass is 368 g/mol. The molecule has 25 heavy (non-hydrogen) atoms. The van der Waals surface area contributed by atoms with E-state index in [0.29, 0.717) is 29.6 Å². The normalized spacial score (nSPS) is 33.5. The minimum atomic E-state index is -0.427. The number of nitrogens with zero attached hydrogens (tertiary/aromatic N) is 2. The molecule has 3 fully saturated rings. The van der Waals surface area contributed by atoms with Gasteiger partial charge in [0, 0.05) is 18.9 Å². The standard InChI is InChI=1S/C18H28N4O2.ClH/c1-11-20-17(22-24-11)18(7-2-3-8-18)21-16(23)14-9-12-5-4-6-13(10-14)15(12)19;/h12-15H,2-10,19H2,1H3,(H,21,23);1H. The van der Waals surface area contributed by atoms with Crippen LogP contribution < -0.4 is 11.1 Å². The number of aromatic nitrogens is 2. The van der Waals surface area contributed by atoms with Crippen molar-refractivity contribution in [3.05, 3.63) is 11.7 Å². The molecule has 4 rings (SSSR count). The molecule has 1 aromatic rings.